The highest BCUT2D eigenvalue weighted by atomic mass is 32.2. The summed E-state index contributed by atoms with van der Waals surface area (Å²) in [6, 6.07) is 25.5. The van der Waals surface area contributed by atoms with Crippen molar-refractivity contribution in [1.82, 2.24) is 4.98 Å². The van der Waals surface area contributed by atoms with E-state index in [0.29, 0.717) is 10.9 Å². The number of benzene rings is 4. The van der Waals surface area contributed by atoms with E-state index in [0.717, 1.165) is 50.8 Å². The molecule has 2 atom stereocenters. The second kappa shape index (κ2) is 8.57. The van der Waals surface area contributed by atoms with Gasteiger partial charge in [-0.1, -0.05) is 67.1 Å². The molecule has 36 heavy (non-hydrogen) atoms. The summed E-state index contributed by atoms with van der Waals surface area (Å²) in [5.41, 5.74) is 1.45. The first-order valence-electron chi connectivity index (χ1n) is 12.3. The molecule has 1 saturated carbocycles. The molecular weight excluding hydrogens is 471 g/mol. The zero-order valence-corrected chi connectivity index (χ0v) is 20.2. The lowest BCUT2D eigenvalue weighted by Gasteiger charge is -2.46. The average Bonchev–Trinajstić information content (AvgIpc) is 2.89. The molecule has 0 N–H and O–H groups in total. The number of pyridine rings is 1. The first-order chi connectivity index (χ1) is 17.7. The van der Waals surface area contributed by atoms with Crippen molar-refractivity contribution in [2.45, 2.75) is 36.7 Å². The molecule has 4 aromatic carbocycles. The first-order valence-corrected chi connectivity index (χ1v) is 13.1. The normalized spacial score (nSPS) is 20.1. The predicted molar refractivity (Wildman–Crippen MR) is 143 cm³/mol. The summed E-state index contributed by atoms with van der Waals surface area (Å²) in [6.45, 7) is 0. The Labute approximate surface area is 212 Å². The molecule has 2 aliphatic rings. The van der Waals surface area contributed by atoms with Crippen LogP contribution in [0.3, 0.4) is 0 Å². The fourth-order valence-corrected chi connectivity index (χ4v) is 6.31. The van der Waals surface area contributed by atoms with Gasteiger partial charge in [-0.2, -0.15) is 0 Å². The Bertz CT molecular complexity index is 1630. The molecule has 0 unspecified atom stereocenters. The number of hydrogen-bond donors (Lipinski definition) is 0. The second-order valence-electron chi connectivity index (χ2n) is 9.54. The van der Waals surface area contributed by atoms with Crippen LogP contribution < -0.4 is 4.90 Å². The Hall–Kier alpha value is -3.48. The van der Waals surface area contributed by atoms with Crippen LogP contribution in [-0.2, 0) is 8.98 Å². The molecule has 4 nitrogen and oxygen atoms in total. The molecule has 7 rings (SSSR count). The second-order valence-corrected chi connectivity index (χ2v) is 10.6. The molecule has 1 aliphatic heterocycles. The molecule has 0 radical (unpaired) electrons. The molecule has 2 fully saturated rings. The number of halogens is 1. The topological polar surface area (TPSA) is 42.4 Å². The van der Waals surface area contributed by atoms with Crippen molar-refractivity contribution in [3.63, 3.8) is 0 Å². The van der Waals surface area contributed by atoms with E-state index in [-0.39, 0.29) is 5.91 Å². The van der Waals surface area contributed by atoms with Gasteiger partial charge in [0.2, 0.25) is 0 Å². The van der Waals surface area contributed by atoms with Crippen LogP contribution in [0.5, 0.6) is 0 Å². The Kier molecular flexibility index (Phi) is 5.19. The fourth-order valence-electron chi connectivity index (χ4n) is 5.32. The van der Waals surface area contributed by atoms with Gasteiger partial charge in [-0.15, -0.1) is 0 Å². The highest BCUT2D eigenvalue weighted by molar-refractivity contribution is 7.95. The number of carbonyl (C=O) groups excluding carboxylic acids is 1. The first kappa shape index (κ1) is 21.8. The van der Waals surface area contributed by atoms with Crippen LogP contribution in [0.25, 0.3) is 32.3 Å². The van der Waals surface area contributed by atoms with E-state index in [9.17, 15) is 9.18 Å². The van der Waals surface area contributed by atoms with Crippen molar-refractivity contribution < 1.29 is 13.4 Å². The number of aromatic nitrogens is 1. The zero-order valence-electron chi connectivity index (χ0n) is 19.4. The highest BCUT2D eigenvalue weighted by Gasteiger charge is 2.52. The lowest BCUT2D eigenvalue weighted by atomic mass is 9.90. The molecule has 5 aromatic rings. The maximum Gasteiger partial charge on any atom is 0.260 e. The number of fused-ring (bicyclic) bond motifs is 5. The molecular formula is C30H23FN2O2S. The van der Waals surface area contributed by atoms with E-state index in [1.165, 1.54) is 30.7 Å². The molecule has 0 spiro atoms. The number of rotatable bonds is 5. The minimum atomic E-state index is -0.657. The summed E-state index contributed by atoms with van der Waals surface area (Å²) in [5, 5.41) is 7.03. The zero-order chi connectivity index (χ0) is 24.2. The average molecular weight is 495 g/mol. The summed E-state index contributed by atoms with van der Waals surface area (Å²) in [4.78, 5) is 19.8. The van der Waals surface area contributed by atoms with Gasteiger partial charge in [0.15, 0.2) is 6.10 Å². The number of nitrogens with zero attached hydrogens (tertiary/aromatic N) is 2. The monoisotopic (exact) mass is 494 g/mol. The van der Waals surface area contributed by atoms with Crippen LogP contribution in [0.15, 0.2) is 85.1 Å². The molecule has 178 valence electrons. The van der Waals surface area contributed by atoms with E-state index in [1.807, 2.05) is 24.3 Å². The lowest BCUT2D eigenvalue weighted by Crippen LogP contribution is -2.60. The smallest absolute Gasteiger partial charge is 0.260 e. The minimum Gasteiger partial charge on any atom is -0.299 e. The highest BCUT2D eigenvalue weighted by Crippen LogP contribution is 2.47. The van der Waals surface area contributed by atoms with Crippen LogP contribution in [0.1, 0.15) is 31.0 Å². The van der Waals surface area contributed by atoms with Crippen molar-refractivity contribution >= 4 is 56.0 Å². The Morgan fingerprint density at radius 2 is 1.61 bits per heavy atom. The van der Waals surface area contributed by atoms with Crippen LogP contribution in [0.2, 0.25) is 0 Å². The summed E-state index contributed by atoms with van der Waals surface area (Å²) < 4.78 is 19.8. The van der Waals surface area contributed by atoms with Gasteiger partial charge in [0.25, 0.3) is 5.91 Å². The van der Waals surface area contributed by atoms with Crippen LogP contribution in [0, 0.1) is 5.82 Å². The van der Waals surface area contributed by atoms with Crippen molar-refractivity contribution in [3.8, 4) is 0 Å². The molecule has 1 aromatic heterocycles. The Morgan fingerprint density at radius 1 is 0.861 bits per heavy atom. The van der Waals surface area contributed by atoms with Crippen LogP contribution >= 0.6 is 12.0 Å². The molecule has 0 bridgehead atoms. The van der Waals surface area contributed by atoms with E-state index in [4.69, 9.17) is 4.18 Å². The van der Waals surface area contributed by atoms with Crippen LogP contribution in [-0.4, -0.2) is 22.2 Å². The Morgan fingerprint density at radius 3 is 2.36 bits per heavy atom. The summed E-state index contributed by atoms with van der Waals surface area (Å²) >= 11 is 1.41. The quantitative estimate of drug-likeness (QED) is 0.145. The van der Waals surface area contributed by atoms with Crippen molar-refractivity contribution in [2.24, 2.45) is 0 Å². The van der Waals surface area contributed by atoms with Gasteiger partial charge in [0.1, 0.15) is 11.9 Å². The van der Waals surface area contributed by atoms with E-state index < -0.39 is 18.0 Å². The third kappa shape index (κ3) is 3.39. The van der Waals surface area contributed by atoms with Crippen LogP contribution in [0.4, 0.5) is 10.1 Å². The van der Waals surface area contributed by atoms with Crippen molar-refractivity contribution in [1.29, 1.82) is 0 Å². The van der Waals surface area contributed by atoms with Gasteiger partial charge < -0.3 is 0 Å². The summed E-state index contributed by atoms with van der Waals surface area (Å²) in [6.07, 6.45) is 3.97. The molecule has 1 saturated heterocycles. The number of amides is 1. The third-order valence-electron chi connectivity index (χ3n) is 7.45. The number of anilines is 1. The number of carbonyl (C=O) groups is 1. The minimum absolute atomic E-state index is 0.0947. The standard InChI is InChI=1S/C30H23FN2O2S/c31-19-13-15-26(32-17-19)28-29(35-36-20-7-5-8-20)30(34)33(28)27-16-25-21-9-2-1-6-18(21)12-14-23(25)22-10-3-4-11-24(22)27/h1-4,6,9-17,20,28-29H,5,7-8H2/t28-,29-/m0/s1. The fraction of sp³-hybridized carbons (Fsp3) is 0.200. The summed E-state index contributed by atoms with van der Waals surface area (Å²) in [7, 11) is 0. The van der Waals surface area contributed by atoms with E-state index >= 15 is 0 Å². The maximum absolute atomic E-state index is 13.7. The molecule has 1 amide bonds. The SMILES string of the molecule is O=C1[C@@H](OSC2CCC2)[C@H](c2ccc(F)cn2)N1c1cc2c3ccccc3ccc2c2ccccc12. The maximum atomic E-state index is 13.7. The van der Waals surface area contributed by atoms with Gasteiger partial charge >= 0.3 is 0 Å². The lowest BCUT2D eigenvalue weighted by molar-refractivity contribution is -0.134. The van der Waals surface area contributed by atoms with Crippen molar-refractivity contribution in [2.75, 3.05) is 4.90 Å². The molecule has 2 heterocycles. The van der Waals surface area contributed by atoms with Crippen molar-refractivity contribution in [3.05, 3.63) is 96.6 Å². The summed E-state index contributed by atoms with van der Waals surface area (Å²) in [5.74, 6) is -0.498. The predicted octanol–water partition coefficient (Wildman–Crippen LogP) is 7.35. The van der Waals surface area contributed by atoms with Gasteiger partial charge in [-0.05, 0) is 70.0 Å². The molecule has 1 aliphatic carbocycles. The third-order valence-corrected chi connectivity index (χ3v) is 8.51. The molecule has 6 heteroatoms. The van der Waals surface area contributed by atoms with Gasteiger partial charge in [-0.25, -0.2) is 4.39 Å². The largest absolute Gasteiger partial charge is 0.299 e. The van der Waals surface area contributed by atoms with E-state index in [1.54, 1.807) is 11.0 Å². The number of hydrogen-bond acceptors (Lipinski definition) is 4. The Balaban J connectivity index is 1.40. The number of β-lactam (4-membered cyclic amide) rings is 1. The van der Waals surface area contributed by atoms with Gasteiger partial charge in [-0.3, -0.25) is 18.9 Å². The van der Waals surface area contributed by atoms with Gasteiger partial charge in [0, 0.05) is 10.6 Å². The van der Waals surface area contributed by atoms with Gasteiger partial charge in [0.05, 0.1) is 17.6 Å². The van der Waals surface area contributed by atoms with E-state index in [2.05, 4.69) is 47.4 Å².